The molecule has 1 atom stereocenters. The summed E-state index contributed by atoms with van der Waals surface area (Å²) in [6.07, 6.45) is 0.770. The number of fused-ring (bicyclic) bond motifs is 1. The first-order valence-electron chi connectivity index (χ1n) is 8.44. The largest absolute Gasteiger partial charge is 0.394 e. The molecule has 1 aliphatic rings. The minimum Gasteiger partial charge on any atom is -0.394 e. The maximum atomic E-state index is 13.5. The number of aliphatic hydroxyl groups excluding tert-OH is 1. The second-order valence-corrected chi connectivity index (χ2v) is 6.63. The Morgan fingerprint density at radius 1 is 1.20 bits per heavy atom. The lowest BCUT2D eigenvalue weighted by Crippen LogP contribution is -2.41. The molecule has 0 spiro atoms. The van der Waals surface area contributed by atoms with Gasteiger partial charge in [-0.3, -0.25) is 4.90 Å². The molecule has 0 saturated carbocycles. The second-order valence-electron chi connectivity index (χ2n) is 6.63. The van der Waals surface area contributed by atoms with Gasteiger partial charge in [-0.2, -0.15) is 0 Å². The van der Waals surface area contributed by atoms with Crippen LogP contribution in [0.4, 0.5) is 14.6 Å². The number of anilines is 1. The van der Waals surface area contributed by atoms with Crippen LogP contribution in [0.5, 0.6) is 0 Å². The predicted molar refractivity (Wildman–Crippen MR) is 93.3 cm³/mol. The van der Waals surface area contributed by atoms with Gasteiger partial charge in [0.25, 0.3) is 0 Å². The highest BCUT2D eigenvalue weighted by Crippen LogP contribution is 2.26. The van der Waals surface area contributed by atoms with Gasteiger partial charge in [0.05, 0.1) is 12.6 Å². The molecule has 1 aliphatic heterocycles. The van der Waals surface area contributed by atoms with E-state index in [0.29, 0.717) is 13.1 Å². The molecule has 0 bridgehead atoms. The fourth-order valence-corrected chi connectivity index (χ4v) is 3.26. The average molecular weight is 347 g/mol. The van der Waals surface area contributed by atoms with E-state index in [1.807, 2.05) is 31.0 Å². The first-order chi connectivity index (χ1) is 12.0. The number of likely N-dealkylation sites (N-methyl/N-ethyl adjacent to an activating group) is 1. The van der Waals surface area contributed by atoms with Crippen molar-refractivity contribution >= 4 is 5.82 Å². The molecule has 134 valence electrons. The third kappa shape index (κ3) is 3.96. The van der Waals surface area contributed by atoms with E-state index in [-0.39, 0.29) is 12.6 Å². The summed E-state index contributed by atoms with van der Waals surface area (Å²) in [5.41, 5.74) is 2.72. The number of rotatable bonds is 3. The summed E-state index contributed by atoms with van der Waals surface area (Å²) in [4.78, 5) is 8.86. The maximum absolute atomic E-state index is 13.5. The summed E-state index contributed by atoms with van der Waals surface area (Å²) in [7, 11) is 1.96. The lowest BCUT2D eigenvalue weighted by Gasteiger charge is -2.35. The maximum Gasteiger partial charge on any atom is 0.159 e. The van der Waals surface area contributed by atoms with Crippen LogP contribution >= 0.6 is 0 Å². The average Bonchev–Trinajstić information content (AvgIpc) is 2.58. The van der Waals surface area contributed by atoms with E-state index in [1.165, 1.54) is 6.07 Å². The number of aryl methyl sites for hydroxylation is 1. The number of pyridine rings is 1. The Hall–Kier alpha value is -2.05. The zero-order valence-corrected chi connectivity index (χ0v) is 14.5. The zero-order chi connectivity index (χ0) is 18.0. The molecule has 2 heterocycles. The molecule has 6 heteroatoms. The predicted octanol–water partition coefficient (Wildman–Crippen LogP) is 2.87. The summed E-state index contributed by atoms with van der Waals surface area (Å²) in [5.74, 6) is -0.785. The lowest BCUT2D eigenvalue weighted by atomic mass is 10.1. The number of nitrogens with zero attached hydrogens (tertiary/aromatic N) is 3. The Kier molecular flexibility index (Phi) is 5.30. The van der Waals surface area contributed by atoms with Crippen molar-refractivity contribution in [2.45, 2.75) is 32.5 Å². The fourth-order valence-electron chi connectivity index (χ4n) is 3.26. The summed E-state index contributed by atoms with van der Waals surface area (Å²) in [5, 5.41) is 9.74. The van der Waals surface area contributed by atoms with Gasteiger partial charge in [0.15, 0.2) is 11.6 Å². The first-order valence-corrected chi connectivity index (χ1v) is 8.44. The van der Waals surface area contributed by atoms with E-state index in [0.717, 1.165) is 41.7 Å². The molecule has 0 fully saturated rings. The zero-order valence-electron chi connectivity index (χ0n) is 14.5. The molecule has 0 saturated heterocycles. The number of hydrogen-bond donors (Lipinski definition) is 1. The highest BCUT2D eigenvalue weighted by Gasteiger charge is 2.24. The highest BCUT2D eigenvalue weighted by atomic mass is 19.2. The lowest BCUT2D eigenvalue weighted by molar-refractivity contribution is 0.205. The van der Waals surface area contributed by atoms with Gasteiger partial charge in [-0.05, 0) is 37.1 Å². The van der Waals surface area contributed by atoms with Crippen LogP contribution in [0, 0.1) is 18.6 Å². The van der Waals surface area contributed by atoms with Crippen molar-refractivity contribution in [3.63, 3.8) is 0 Å². The van der Waals surface area contributed by atoms with Gasteiger partial charge in [-0.25, -0.2) is 13.8 Å². The van der Waals surface area contributed by atoms with Gasteiger partial charge in [-0.1, -0.05) is 12.1 Å². The molecule has 4 nitrogen and oxygen atoms in total. The third-order valence-corrected chi connectivity index (χ3v) is 4.75. The van der Waals surface area contributed by atoms with Crippen LogP contribution in [0.25, 0.3) is 0 Å². The Balaban J connectivity index is 1.88. The topological polar surface area (TPSA) is 39.6 Å². The first kappa shape index (κ1) is 17.8. The monoisotopic (exact) mass is 347 g/mol. The van der Waals surface area contributed by atoms with Gasteiger partial charge in [-0.15, -0.1) is 0 Å². The smallest absolute Gasteiger partial charge is 0.159 e. The van der Waals surface area contributed by atoms with E-state index in [4.69, 9.17) is 0 Å². The number of benzene rings is 1. The molecule has 1 aromatic heterocycles. The van der Waals surface area contributed by atoms with Gasteiger partial charge >= 0.3 is 0 Å². The Bertz CT molecular complexity index is 753. The number of aromatic nitrogens is 1. The van der Waals surface area contributed by atoms with Crippen molar-refractivity contribution in [3.8, 4) is 0 Å². The fraction of sp³-hybridized carbons (Fsp3) is 0.421. The van der Waals surface area contributed by atoms with E-state index in [9.17, 15) is 13.9 Å². The minimum absolute atomic E-state index is 0.0270. The van der Waals surface area contributed by atoms with Crippen LogP contribution < -0.4 is 4.90 Å². The minimum atomic E-state index is -0.830. The molecular weight excluding hydrogens is 324 g/mol. The van der Waals surface area contributed by atoms with Crippen molar-refractivity contribution in [2.24, 2.45) is 0 Å². The van der Waals surface area contributed by atoms with E-state index in [2.05, 4.69) is 9.88 Å². The van der Waals surface area contributed by atoms with E-state index >= 15 is 0 Å². The van der Waals surface area contributed by atoms with Crippen molar-refractivity contribution < 1.29 is 13.9 Å². The summed E-state index contributed by atoms with van der Waals surface area (Å²) in [6.45, 7) is 3.93. The molecule has 1 N–H and O–H groups in total. The van der Waals surface area contributed by atoms with Crippen molar-refractivity contribution in [1.29, 1.82) is 0 Å². The molecule has 0 radical (unpaired) electrons. The van der Waals surface area contributed by atoms with Gasteiger partial charge < -0.3 is 10.0 Å². The molecular formula is C19H23F2N3O. The molecule has 1 unspecified atom stereocenters. The molecule has 2 aromatic rings. The molecule has 3 rings (SSSR count). The second kappa shape index (κ2) is 7.45. The summed E-state index contributed by atoms with van der Waals surface area (Å²) < 4.78 is 26.6. The highest BCUT2D eigenvalue weighted by molar-refractivity contribution is 5.48. The van der Waals surface area contributed by atoms with Crippen LogP contribution in [-0.2, 0) is 13.1 Å². The van der Waals surface area contributed by atoms with Crippen LogP contribution in [-0.4, -0.2) is 41.2 Å². The van der Waals surface area contributed by atoms with Crippen molar-refractivity contribution in [1.82, 2.24) is 9.88 Å². The van der Waals surface area contributed by atoms with E-state index < -0.39 is 11.6 Å². The van der Waals surface area contributed by atoms with Gasteiger partial charge in [0.1, 0.15) is 5.82 Å². The SMILES string of the molecule is Cc1ccc2c(n1)N(C)C(CO)CCN(Cc1ccc(F)c(F)c1)C2. The molecule has 1 aromatic carbocycles. The summed E-state index contributed by atoms with van der Waals surface area (Å²) in [6, 6.07) is 8.02. The van der Waals surface area contributed by atoms with Crippen LogP contribution in [0.2, 0.25) is 0 Å². The standard InChI is InChI=1S/C19H23F2N3O/c1-13-3-5-15-11-24(10-14-4-6-17(20)18(21)9-14)8-7-16(12-25)23(2)19(15)22-13/h3-6,9,16,25H,7-8,10-12H2,1-2H3. The van der Waals surface area contributed by atoms with Gasteiger partial charge in [0, 0.05) is 37.9 Å². The Morgan fingerprint density at radius 2 is 2.00 bits per heavy atom. The van der Waals surface area contributed by atoms with Crippen LogP contribution in [0.3, 0.4) is 0 Å². The summed E-state index contributed by atoms with van der Waals surface area (Å²) >= 11 is 0. The van der Waals surface area contributed by atoms with Crippen LogP contribution in [0.1, 0.15) is 23.2 Å². The molecule has 0 amide bonds. The van der Waals surface area contributed by atoms with Gasteiger partial charge in [0.2, 0.25) is 0 Å². The molecule has 25 heavy (non-hydrogen) atoms. The van der Waals surface area contributed by atoms with Crippen molar-refractivity contribution in [3.05, 3.63) is 58.8 Å². The number of hydrogen-bond acceptors (Lipinski definition) is 4. The number of halogens is 2. The quantitative estimate of drug-likeness (QED) is 0.927. The Labute approximate surface area is 146 Å². The normalized spacial score (nSPS) is 18.6. The van der Waals surface area contributed by atoms with E-state index in [1.54, 1.807) is 6.07 Å². The molecule has 0 aliphatic carbocycles. The van der Waals surface area contributed by atoms with Crippen LogP contribution in [0.15, 0.2) is 30.3 Å². The number of aliphatic hydroxyl groups is 1. The Morgan fingerprint density at radius 3 is 2.72 bits per heavy atom. The third-order valence-electron chi connectivity index (χ3n) is 4.75. The van der Waals surface area contributed by atoms with Crippen molar-refractivity contribution in [2.75, 3.05) is 25.1 Å².